The molecule has 0 aromatic heterocycles. The monoisotopic (exact) mass is 137 g/mol. The number of rotatable bonds is 2. The summed E-state index contributed by atoms with van der Waals surface area (Å²) in [6.45, 7) is 0. The first kappa shape index (κ1) is 6.10. The van der Waals surface area contributed by atoms with Crippen molar-refractivity contribution < 1.29 is 15.4 Å². The Hall–Kier alpha value is -0.901. The Kier molecular flexibility index (Phi) is 4.44. The third kappa shape index (κ3) is 5.10. The normalized spacial score (nSPS) is 5.43. The van der Waals surface area contributed by atoms with Gasteiger partial charge in [-0.1, -0.05) is 0 Å². The standard InChI is InChI=1S/2CHN2.Mn/c2*2-1-3;/h2*2H;/q2*-1;+2. The molecular formula is C2H2MnN4. The first-order chi connectivity index (χ1) is 3.41. The van der Waals surface area contributed by atoms with Crippen LogP contribution in [0.25, 0.3) is 0 Å². The van der Waals surface area contributed by atoms with Crippen molar-refractivity contribution in [3.63, 3.8) is 0 Å². The second-order valence-electron chi connectivity index (χ2n) is 0.507. The quantitative estimate of drug-likeness (QED) is 0.222. The minimum absolute atomic E-state index is 0.0156. The molecule has 7 heavy (non-hydrogen) atoms. The maximum absolute atomic E-state index is 7.79. The molecule has 0 bridgehead atoms. The topological polar surface area (TPSA) is 71.6 Å². The molecule has 0 fully saturated rings. The van der Waals surface area contributed by atoms with Crippen molar-refractivity contribution in [3.8, 4) is 12.4 Å². The summed E-state index contributed by atoms with van der Waals surface area (Å²) in [5, 5.41) is 15.6. The van der Waals surface area contributed by atoms with Gasteiger partial charge < -0.3 is 0 Å². The summed E-state index contributed by atoms with van der Waals surface area (Å²) in [5.41, 5.74) is 0. The van der Waals surface area contributed by atoms with Crippen molar-refractivity contribution in [3.05, 3.63) is 0 Å². The van der Waals surface area contributed by atoms with E-state index in [9.17, 15) is 0 Å². The molecular weight excluding hydrogens is 135 g/mol. The van der Waals surface area contributed by atoms with Crippen molar-refractivity contribution in [2.45, 2.75) is 0 Å². The molecule has 5 heteroatoms. The van der Waals surface area contributed by atoms with Crippen LogP contribution in [-0.2, 0) is 15.4 Å². The van der Waals surface area contributed by atoms with E-state index in [1.54, 1.807) is 12.4 Å². The van der Waals surface area contributed by atoms with Gasteiger partial charge in [0.15, 0.2) is 0 Å². The minimum atomic E-state index is -0.0156. The molecule has 0 aliphatic rings. The molecule has 0 saturated carbocycles. The molecule has 0 saturated heterocycles. The molecule has 4 nitrogen and oxygen atoms in total. The summed E-state index contributed by atoms with van der Waals surface area (Å²) in [5.74, 6) is 0. The van der Waals surface area contributed by atoms with Gasteiger partial charge in [-0.3, -0.25) is 0 Å². The van der Waals surface area contributed by atoms with Gasteiger partial charge >= 0.3 is 47.0 Å². The van der Waals surface area contributed by atoms with Crippen LogP contribution in [0, 0.1) is 22.9 Å². The fourth-order valence-electron chi connectivity index (χ4n) is 0.0659. The number of nitriles is 2. The third-order valence-electron chi connectivity index (χ3n) is 0.179. The molecule has 0 aliphatic carbocycles. The van der Waals surface area contributed by atoms with E-state index in [0.717, 1.165) is 0 Å². The van der Waals surface area contributed by atoms with Gasteiger partial charge in [0.1, 0.15) is 0 Å². The summed E-state index contributed by atoms with van der Waals surface area (Å²) in [4.78, 5) is 0. The second kappa shape index (κ2) is 5.10. The van der Waals surface area contributed by atoms with Crippen LogP contribution in [-0.4, -0.2) is 0 Å². The van der Waals surface area contributed by atoms with E-state index in [4.69, 9.17) is 10.5 Å². The van der Waals surface area contributed by atoms with Crippen LogP contribution in [0.2, 0.25) is 0 Å². The SMILES string of the molecule is N#C[NH][Mn][NH]C#N. The summed E-state index contributed by atoms with van der Waals surface area (Å²) < 4.78 is 4.50. The molecule has 0 rings (SSSR count). The Bertz CT molecular complexity index is 93.8. The third-order valence-corrected chi connectivity index (χ3v) is 0.738. The molecule has 0 amide bonds. The number of nitrogens with one attached hydrogen (secondary N) is 2. The molecule has 0 aromatic rings. The average Bonchev–Trinajstić information content (AvgIpc) is 1.69. The molecule has 37 valence electrons. The number of nitrogens with zero attached hydrogens (tertiary/aromatic N) is 2. The Morgan fingerprint density at radius 1 is 1.14 bits per heavy atom. The maximum atomic E-state index is 7.79. The zero-order valence-corrected chi connectivity index (χ0v) is 4.45. The van der Waals surface area contributed by atoms with Crippen LogP contribution in [0.15, 0.2) is 0 Å². The summed E-state index contributed by atoms with van der Waals surface area (Å²) >= 11 is -0.0156. The van der Waals surface area contributed by atoms with Crippen LogP contribution in [0.4, 0.5) is 0 Å². The van der Waals surface area contributed by atoms with Crippen molar-refractivity contribution in [2.24, 2.45) is 0 Å². The van der Waals surface area contributed by atoms with Crippen molar-refractivity contribution in [2.75, 3.05) is 0 Å². The van der Waals surface area contributed by atoms with Crippen LogP contribution >= 0.6 is 0 Å². The van der Waals surface area contributed by atoms with Gasteiger partial charge in [-0.2, -0.15) is 0 Å². The predicted octanol–water partition coefficient (Wildman–Crippen LogP) is -0.960. The first-order valence-corrected chi connectivity index (χ1v) is 2.51. The van der Waals surface area contributed by atoms with Crippen LogP contribution in [0.1, 0.15) is 0 Å². The molecule has 2 N–H and O–H groups in total. The van der Waals surface area contributed by atoms with E-state index in [0.29, 0.717) is 0 Å². The van der Waals surface area contributed by atoms with Gasteiger partial charge in [-0.15, -0.1) is 0 Å². The van der Waals surface area contributed by atoms with E-state index >= 15 is 0 Å². The molecule has 0 heterocycles. The van der Waals surface area contributed by atoms with E-state index in [1.165, 1.54) is 0 Å². The van der Waals surface area contributed by atoms with Crippen LogP contribution < -0.4 is 8.67 Å². The summed E-state index contributed by atoms with van der Waals surface area (Å²) in [6, 6.07) is 0. The summed E-state index contributed by atoms with van der Waals surface area (Å²) in [6.07, 6.45) is 3.31. The Labute approximate surface area is 47.7 Å². The molecule has 0 unspecified atom stereocenters. The Morgan fingerprint density at radius 3 is 1.86 bits per heavy atom. The molecule has 0 spiro atoms. The van der Waals surface area contributed by atoms with Crippen molar-refractivity contribution >= 4 is 0 Å². The van der Waals surface area contributed by atoms with E-state index < -0.39 is 0 Å². The Morgan fingerprint density at radius 2 is 1.57 bits per heavy atom. The van der Waals surface area contributed by atoms with Crippen LogP contribution in [0.3, 0.4) is 0 Å². The van der Waals surface area contributed by atoms with Gasteiger partial charge in [-0.05, 0) is 0 Å². The van der Waals surface area contributed by atoms with Crippen LogP contribution in [0.5, 0.6) is 0 Å². The first-order valence-electron chi connectivity index (χ1n) is 1.33. The van der Waals surface area contributed by atoms with Crippen molar-refractivity contribution in [1.29, 1.82) is 10.5 Å². The van der Waals surface area contributed by atoms with E-state index in [1.807, 2.05) is 0 Å². The van der Waals surface area contributed by atoms with Crippen molar-refractivity contribution in [1.82, 2.24) is 8.67 Å². The fraction of sp³-hybridized carbons (Fsp3) is 0. The van der Waals surface area contributed by atoms with Gasteiger partial charge in [0, 0.05) is 0 Å². The van der Waals surface area contributed by atoms with E-state index in [2.05, 4.69) is 8.67 Å². The fourth-order valence-corrected chi connectivity index (χ4v) is 0.272. The average molecular weight is 137 g/mol. The zero-order valence-electron chi connectivity index (χ0n) is 3.27. The van der Waals surface area contributed by atoms with E-state index in [-0.39, 0.29) is 15.4 Å². The van der Waals surface area contributed by atoms with Gasteiger partial charge in [0.05, 0.1) is 0 Å². The second-order valence-corrected chi connectivity index (χ2v) is 1.39. The Balaban J connectivity index is 2.77. The summed E-state index contributed by atoms with van der Waals surface area (Å²) in [7, 11) is 0. The molecule has 0 atom stereocenters. The van der Waals surface area contributed by atoms with Gasteiger partial charge in [0.25, 0.3) is 0 Å². The van der Waals surface area contributed by atoms with Gasteiger partial charge in [0.2, 0.25) is 0 Å². The predicted molar refractivity (Wildman–Crippen MR) is 17.5 cm³/mol. The number of hydrogen-bond donors (Lipinski definition) is 2. The van der Waals surface area contributed by atoms with Gasteiger partial charge in [-0.25, -0.2) is 0 Å². The zero-order chi connectivity index (χ0) is 5.54. The number of hydrogen-bond acceptors (Lipinski definition) is 4. The molecule has 0 aliphatic heterocycles. The molecule has 0 aromatic carbocycles. The molecule has 0 radical (unpaired) electrons.